The molecule has 0 saturated heterocycles. The largest absolute Gasteiger partial charge is 0.492 e. The Labute approximate surface area is 150 Å². The van der Waals surface area contributed by atoms with Crippen LogP contribution in [0.1, 0.15) is 16.7 Å². The van der Waals surface area contributed by atoms with E-state index in [2.05, 4.69) is 41.2 Å². The predicted octanol–water partition coefficient (Wildman–Crippen LogP) is 3.17. The van der Waals surface area contributed by atoms with Gasteiger partial charge in [0.05, 0.1) is 6.54 Å². The molecular weight excluding hydrogens is 312 g/mol. The molecule has 0 aliphatic heterocycles. The molecule has 134 valence electrons. The number of hydrogen-bond donors (Lipinski definition) is 2. The minimum Gasteiger partial charge on any atom is -0.492 e. The molecule has 0 heterocycles. The summed E-state index contributed by atoms with van der Waals surface area (Å²) in [5.74, 6) is 1.26. The molecular formula is C20H28N4O. The van der Waals surface area contributed by atoms with Crippen molar-refractivity contribution in [1.29, 1.82) is 0 Å². The Kier molecular flexibility index (Phi) is 6.83. The molecule has 0 saturated carbocycles. The van der Waals surface area contributed by atoms with E-state index in [4.69, 9.17) is 10.5 Å². The van der Waals surface area contributed by atoms with Gasteiger partial charge in [-0.05, 0) is 68.9 Å². The average molecular weight is 340 g/mol. The molecule has 2 aromatic carbocycles. The van der Waals surface area contributed by atoms with Crippen LogP contribution in [0.4, 0.5) is 5.69 Å². The zero-order chi connectivity index (χ0) is 18.2. The molecule has 5 heteroatoms. The summed E-state index contributed by atoms with van der Waals surface area (Å²) in [6.07, 6.45) is 0. The van der Waals surface area contributed by atoms with Crippen LogP contribution < -0.4 is 15.8 Å². The van der Waals surface area contributed by atoms with Crippen molar-refractivity contribution in [2.24, 2.45) is 10.7 Å². The normalized spacial score (nSPS) is 11.6. The van der Waals surface area contributed by atoms with Gasteiger partial charge in [0.2, 0.25) is 0 Å². The summed E-state index contributed by atoms with van der Waals surface area (Å²) < 4.78 is 5.75. The van der Waals surface area contributed by atoms with Gasteiger partial charge >= 0.3 is 0 Å². The van der Waals surface area contributed by atoms with Crippen LogP contribution in [-0.2, 0) is 6.54 Å². The molecule has 0 spiro atoms. The van der Waals surface area contributed by atoms with Crippen molar-refractivity contribution in [3.63, 3.8) is 0 Å². The lowest BCUT2D eigenvalue weighted by atomic mass is 10.1. The maximum absolute atomic E-state index is 6.00. The van der Waals surface area contributed by atoms with E-state index in [1.807, 2.05) is 44.4 Å². The van der Waals surface area contributed by atoms with Crippen molar-refractivity contribution in [1.82, 2.24) is 4.90 Å². The third-order valence-electron chi connectivity index (χ3n) is 3.92. The quantitative estimate of drug-likeness (QED) is 0.600. The summed E-state index contributed by atoms with van der Waals surface area (Å²) in [7, 11) is 4.06. The maximum Gasteiger partial charge on any atom is 0.193 e. The Morgan fingerprint density at radius 1 is 1.12 bits per heavy atom. The van der Waals surface area contributed by atoms with E-state index >= 15 is 0 Å². The van der Waals surface area contributed by atoms with Gasteiger partial charge in [0.15, 0.2) is 5.96 Å². The lowest BCUT2D eigenvalue weighted by Crippen LogP contribution is -2.22. The molecule has 0 atom stereocenters. The minimum atomic E-state index is 0.405. The molecule has 5 nitrogen and oxygen atoms in total. The van der Waals surface area contributed by atoms with E-state index in [1.165, 1.54) is 11.1 Å². The Hall–Kier alpha value is -2.53. The molecule has 0 amide bonds. The molecule has 0 aromatic heterocycles. The van der Waals surface area contributed by atoms with E-state index in [1.54, 1.807) is 0 Å². The Balaban J connectivity index is 1.92. The number of aryl methyl sites for hydroxylation is 2. The Morgan fingerprint density at radius 2 is 1.92 bits per heavy atom. The van der Waals surface area contributed by atoms with E-state index in [0.717, 1.165) is 23.5 Å². The number of nitrogens with zero attached hydrogens (tertiary/aromatic N) is 2. The van der Waals surface area contributed by atoms with Crippen molar-refractivity contribution < 1.29 is 4.74 Å². The van der Waals surface area contributed by atoms with Crippen LogP contribution >= 0.6 is 0 Å². The number of nitrogens with one attached hydrogen (secondary N) is 1. The van der Waals surface area contributed by atoms with E-state index in [0.29, 0.717) is 19.1 Å². The Bertz CT molecular complexity index is 725. The molecule has 0 aliphatic carbocycles. The highest BCUT2D eigenvalue weighted by Gasteiger charge is 2.00. The second-order valence-corrected chi connectivity index (χ2v) is 6.42. The van der Waals surface area contributed by atoms with Gasteiger partial charge in [0.25, 0.3) is 0 Å². The van der Waals surface area contributed by atoms with Crippen LogP contribution in [0.5, 0.6) is 5.75 Å². The third-order valence-corrected chi connectivity index (χ3v) is 3.92. The van der Waals surface area contributed by atoms with Crippen LogP contribution in [0.3, 0.4) is 0 Å². The summed E-state index contributed by atoms with van der Waals surface area (Å²) in [5.41, 5.74) is 10.5. The number of benzene rings is 2. The first kappa shape index (κ1) is 18.8. The van der Waals surface area contributed by atoms with Gasteiger partial charge in [0, 0.05) is 12.2 Å². The molecule has 3 N–H and O–H groups in total. The van der Waals surface area contributed by atoms with Gasteiger partial charge in [-0.15, -0.1) is 0 Å². The summed E-state index contributed by atoms with van der Waals surface area (Å²) in [5, 5.41) is 3.13. The molecule has 25 heavy (non-hydrogen) atoms. The van der Waals surface area contributed by atoms with Crippen LogP contribution in [0, 0.1) is 13.8 Å². The predicted molar refractivity (Wildman–Crippen MR) is 105 cm³/mol. The second kappa shape index (κ2) is 9.08. The molecule has 2 aromatic rings. The SMILES string of the molecule is Cc1ccc(NC(N)=NCc2cccc(OCCN(C)C)c2)cc1C. The van der Waals surface area contributed by atoms with Crippen LogP contribution in [0.25, 0.3) is 0 Å². The van der Waals surface area contributed by atoms with Gasteiger partial charge in [-0.1, -0.05) is 18.2 Å². The zero-order valence-corrected chi connectivity index (χ0v) is 15.5. The van der Waals surface area contributed by atoms with E-state index in [9.17, 15) is 0 Å². The number of guanidine groups is 1. The summed E-state index contributed by atoms with van der Waals surface area (Å²) >= 11 is 0. The maximum atomic E-state index is 6.00. The molecule has 0 bridgehead atoms. The number of likely N-dealkylation sites (N-methyl/N-ethyl adjacent to an activating group) is 1. The fourth-order valence-corrected chi connectivity index (χ4v) is 2.26. The zero-order valence-electron chi connectivity index (χ0n) is 15.5. The number of ether oxygens (including phenoxy) is 1. The summed E-state index contributed by atoms with van der Waals surface area (Å²) in [6.45, 7) is 6.22. The first-order valence-corrected chi connectivity index (χ1v) is 8.44. The number of rotatable bonds is 7. The highest BCUT2D eigenvalue weighted by molar-refractivity contribution is 5.92. The smallest absolute Gasteiger partial charge is 0.193 e. The molecule has 2 rings (SSSR count). The number of hydrogen-bond acceptors (Lipinski definition) is 3. The standard InChI is InChI=1S/C20H28N4O/c1-15-8-9-18(12-16(15)2)23-20(21)22-14-17-6-5-7-19(13-17)25-11-10-24(3)4/h5-9,12-13H,10-11,14H2,1-4H3,(H3,21,22,23). The first-order valence-electron chi connectivity index (χ1n) is 8.44. The highest BCUT2D eigenvalue weighted by atomic mass is 16.5. The second-order valence-electron chi connectivity index (χ2n) is 6.42. The van der Waals surface area contributed by atoms with Crippen molar-refractivity contribution in [2.45, 2.75) is 20.4 Å². The van der Waals surface area contributed by atoms with E-state index in [-0.39, 0.29) is 0 Å². The molecule has 0 radical (unpaired) electrons. The van der Waals surface area contributed by atoms with Gasteiger partial charge in [-0.25, -0.2) is 4.99 Å². The van der Waals surface area contributed by atoms with Crippen molar-refractivity contribution in [2.75, 3.05) is 32.6 Å². The molecule has 0 fully saturated rings. The van der Waals surface area contributed by atoms with Crippen molar-refractivity contribution >= 4 is 11.6 Å². The first-order chi connectivity index (χ1) is 11.9. The van der Waals surface area contributed by atoms with Gasteiger partial charge in [-0.3, -0.25) is 0 Å². The lowest BCUT2D eigenvalue weighted by molar-refractivity contribution is 0.261. The number of aliphatic imine (C=N–C) groups is 1. The van der Waals surface area contributed by atoms with Gasteiger partial charge in [0.1, 0.15) is 12.4 Å². The molecule has 0 unspecified atom stereocenters. The summed E-state index contributed by atoms with van der Waals surface area (Å²) in [4.78, 5) is 6.50. The summed E-state index contributed by atoms with van der Waals surface area (Å²) in [6, 6.07) is 14.1. The van der Waals surface area contributed by atoms with Crippen LogP contribution in [0.15, 0.2) is 47.5 Å². The monoisotopic (exact) mass is 340 g/mol. The van der Waals surface area contributed by atoms with E-state index < -0.39 is 0 Å². The van der Waals surface area contributed by atoms with Gasteiger partial charge in [-0.2, -0.15) is 0 Å². The van der Waals surface area contributed by atoms with Crippen LogP contribution in [-0.4, -0.2) is 38.1 Å². The highest BCUT2D eigenvalue weighted by Crippen LogP contribution is 2.15. The average Bonchev–Trinajstić information content (AvgIpc) is 2.56. The van der Waals surface area contributed by atoms with Crippen molar-refractivity contribution in [3.05, 3.63) is 59.2 Å². The van der Waals surface area contributed by atoms with Gasteiger partial charge < -0.3 is 20.7 Å². The Morgan fingerprint density at radius 3 is 2.64 bits per heavy atom. The topological polar surface area (TPSA) is 62.9 Å². The molecule has 0 aliphatic rings. The minimum absolute atomic E-state index is 0.405. The number of anilines is 1. The van der Waals surface area contributed by atoms with Crippen LogP contribution in [0.2, 0.25) is 0 Å². The fourth-order valence-electron chi connectivity index (χ4n) is 2.26. The fraction of sp³-hybridized carbons (Fsp3) is 0.350. The third kappa shape index (κ3) is 6.47. The number of nitrogens with two attached hydrogens (primary N) is 1. The lowest BCUT2D eigenvalue weighted by Gasteiger charge is -2.11. The van der Waals surface area contributed by atoms with Crippen molar-refractivity contribution in [3.8, 4) is 5.75 Å².